The molecule has 148 valence electrons. The number of hydrogen-bond acceptors (Lipinski definition) is 4. The van der Waals surface area contributed by atoms with Gasteiger partial charge in [-0.05, 0) is 43.6 Å². The Hall–Kier alpha value is -1.63. The first kappa shape index (κ1) is 20.1. The summed E-state index contributed by atoms with van der Waals surface area (Å²) in [7, 11) is 3.45. The second-order valence-corrected chi connectivity index (χ2v) is 8.15. The molecule has 0 saturated carbocycles. The van der Waals surface area contributed by atoms with Gasteiger partial charge >= 0.3 is 0 Å². The predicted molar refractivity (Wildman–Crippen MR) is 104 cm³/mol. The quantitative estimate of drug-likeness (QED) is 0.775. The van der Waals surface area contributed by atoms with E-state index in [2.05, 4.69) is 10.6 Å². The lowest BCUT2D eigenvalue weighted by Gasteiger charge is -2.37. The second kappa shape index (κ2) is 8.59. The summed E-state index contributed by atoms with van der Waals surface area (Å²) in [5.74, 6) is -0.512. The van der Waals surface area contributed by atoms with Gasteiger partial charge in [0.1, 0.15) is 0 Å². The first-order chi connectivity index (χ1) is 13.0. The number of nitrogens with zero attached hydrogens (tertiary/aromatic N) is 1. The maximum atomic E-state index is 13.0. The van der Waals surface area contributed by atoms with Crippen LogP contribution in [-0.4, -0.2) is 57.1 Å². The van der Waals surface area contributed by atoms with Crippen LogP contribution < -0.4 is 10.6 Å². The summed E-state index contributed by atoms with van der Waals surface area (Å²) in [6.45, 7) is 3.04. The summed E-state index contributed by atoms with van der Waals surface area (Å²) in [5.41, 5.74) is 0.847. The highest BCUT2D eigenvalue weighted by molar-refractivity contribution is 6.30. The highest BCUT2D eigenvalue weighted by Gasteiger charge is 2.43. The Morgan fingerprint density at radius 2 is 2.15 bits per heavy atom. The van der Waals surface area contributed by atoms with Crippen molar-refractivity contribution >= 4 is 23.4 Å². The van der Waals surface area contributed by atoms with E-state index in [9.17, 15) is 9.59 Å². The lowest BCUT2D eigenvalue weighted by atomic mass is 9.79. The minimum Gasteiger partial charge on any atom is -0.384 e. The summed E-state index contributed by atoms with van der Waals surface area (Å²) in [6.07, 6.45) is 2.14. The van der Waals surface area contributed by atoms with Crippen LogP contribution in [0.1, 0.15) is 30.9 Å². The predicted octanol–water partition coefficient (Wildman–Crippen LogP) is 1.99. The number of halogens is 1. The minimum absolute atomic E-state index is 0.0198. The van der Waals surface area contributed by atoms with Crippen LogP contribution in [0.15, 0.2) is 24.3 Å². The van der Waals surface area contributed by atoms with Crippen LogP contribution in [0.25, 0.3) is 0 Å². The van der Waals surface area contributed by atoms with Crippen LogP contribution in [0.2, 0.25) is 5.02 Å². The van der Waals surface area contributed by atoms with E-state index in [1.165, 1.54) is 0 Å². The van der Waals surface area contributed by atoms with Crippen LogP contribution >= 0.6 is 11.6 Å². The zero-order valence-corrected chi connectivity index (χ0v) is 16.7. The molecule has 2 aliphatic heterocycles. The number of nitrogens with one attached hydrogen (secondary N) is 2. The molecule has 2 atom stereocenters. The van der Waals surface area contributed by atoms with E-state index < -0.39 is 5.92 Å². The van der Waals surface area contributed by atoms with Crippen molar-refractivity contribution in [2.75, 3.05) is 40.4 Å². The highest BCUT2D eigenvalue weighted by Crippen LogP contribution is 2.38. The van der Waals surface area contributed by atoms with E-state index >= 15 is 0 Å². The number of carbonyl (C=O) groups excluding carboxylic acids is 2. The van der Waals surface area contributed by atoms with Crippen molar-refractivity contribution in [2.24, 2.45) is 11.3 Å². The smallest absolute Gasteiger partial charge is 0.226 e. The lowest BCUT2D eigenvalue weighted by molar-refractivity contribution is -0.128. The zero-order valence-electron chi connectivity index (χ0n) is 16.0. The molecule has 2 unspecified atom stereocenters. The fourth-order valence-corrected chi connectivity index (χ4v) is 4.49. The second-order valence-electron chi connectivity index (χ2n) is 7.72. The van der Waals surface area contributed by atoms with Crippen molar-refractivity contribution in [1.82, 2.24) is 15.5 Å². The van der Waals surface area contributed by atoms with Crippen molar-refractivity contribution in [1.29, 1.82) is 0 Å². The first-order valence-corrected chi connectivity index (χ1v) is 9.82. The van der Waals surface area contributed by atoms with Gasteiger partial charge in [-0.15, -0.1) is 0 Å². The van der Waals surface area contributed by atoms with Crippen LogP contribution in [0, 0.1) is 11.3 Å². The van der Waals surface area contributed by atoms with Crippen LogP contribution in [0.3, 0.4) is 0 Å². The van der Waals surface area contributed by atoms with E-state index in [4.69, 9.17) is 16.3 Å². The van der Waals surface area contributed by atoms with Crippen molar-refractivity contribution in [3.8, 4) is 0 Å². The topological polar surface area (TPSA) is 70.7 Å². The fourth-order valence-electron chi connectivity index (χ4n) is 4.29. The summed E-state index contributed by atoms with van der Waals surface area (Å²) in [6, 6.07) is 7.11. The Morgan fingerprint density at radius 1 is 1.41 bits per heavy atom. The molecule has 1 aromatic carbocycles. The summed E-state index contributed by atoms with van der Waals surface area (Å²) >= 11 is 6.13. The number of ether oxygens (including phenoxy) is 1. The van der Waals surface area contributed by atoms with Gasteiger partial charge in [0, 0.05) is 37.6 Å². The molecule has 0 aliphatic carbocycles. The number of rotatable bonds is 6. The maximum Gasteiger partial charge on any atom is 0.226 e. The van der Waals surface area contributed by atoms with Crippen molar-refractivity contribution in [3.05, 3.63) is 34.9 Å². The Bertz CT molecular complexity index is 685. The molecule has 2 aliphatic rings. The number of hydrogen-bond donors (Lipinski definition) is 2. The molecular formula is C20H28ClN3O3. The minimum atomic E-state index is -0.415. The first-order valence-electron chi connectivity index (χ1n) is 9.44. The normalized spacial score (nSPS) is 24.9. The van der Waals surface area contributed by atoms with Crippen molar-refractivity contribution in [3.63, 3.8) is 0 Å². The van der Waals surface area contributed by atoms with Gasteiger partial charge < -0.3 is 20.3 Å². The summed E-state index contributed by atoms with van der Waals surface area (Å²) in [4.78, 5) is 27.0. The monoisotopic (exact) mass is 393 g/mol. The van der Waals surface area contributed by atoms with Crippen LogP contribution in [0.4, 0.5) is 0 Å². The lowest BCUT2D eigenvalue weighted by Crippen LogP contribution is -2.48. The Balaban J connectivity index is 1.73. The van der Waals surface area contributed by atoms with Gasteiger partial charge in [-0.1, -0.05) is 23.7 Å². The van der Waals surface area contributed by atoms with Crippen LogP contribution in [0.5, 0.6) is 0 Å². The number of piperidine rings is 1. The standard InChI is InChI=1S/C20H28ClN3O3/c1-24-17(25)11-16(18(24)14-4-3-5-15(21)10-14)19(26)23-12-20(13-27-2)6-8-22-9-7-20/h3-5,10,16,18,22H,6-9,11-13H2,1-2H3,(H,23,26). The van der Waals surface area contributed by atoms with Gasteiger partial charge in [-0.25, -0.2) is 0 Å². The third-order valence-corrected chi connectivity index (χ3v) is 6.10. The van der Waals surface area contributed by atoms with Gasteiger partial charge in [-0.3, -0.25) is 9.59 Å². The summed E-state index contributed by atoms with van der Waals surface area (Å²) < 4.78 is 5.42. The Morgan fingerprint density at radius 3 is 2.81 bits per heavy atom. The van der Waals surface area contributed by atoms with E-state index in [0.717, 1.165) is 31.5 Å². The molecule has 2 saturated heterocycles. The Kier molecular flexibility index (Phi) is 6.40. The number of likely N-dealkylation sites (tertiary alicyclic amines) is 1. The molecule has 2 heterocycles. The van der Waals surface area contributed by atoms with E-state index in [1.54, 1.807) is 25.1 Å². The highest BCUT2D eigenvalue weighted by atomic mass is 35.5. The van der Waals surface area contributed by atoms with Crippen molar-refractivity contribution < 1.29 is 14.3 Å². The van der Waals surface area contributed by atoms with E-state index in [-0.39, 0.29) is 29.7 Å². The molecule has 3 rings (SSSR count). The zero-order chi connectivity index (χ0) is 19.4. The Labute approximate surface area is 165 Å². The van der Waals surface area contributed by atoms with Gasteiger partial charge in [0.15, 0.2) is 0 Å². The molecule has 27 heavy (non-hydrogen) atoms. The molecule has 1 aromatic rings. The van der Waals surface area contributed by atoms with Gasteiger partial charge in [0.2, 0.25) is 11.8 Å². The summed E-state index contributed by atoms with van der Waals surface area (Å²) in [5, 5.41) is 7.08. The van der Waals surface area contributed by atoms with E-state index in [0.29, 0.717) is 18.2 Å². The number of methoxy groups -OCH3 is 1. The third kappa shape index (κ3) is 4.45. The SMILES string of the molecule is COCC1(CNC(=O)C2CC(=O)N(C)C2c2cccc(Cl)c2)CCNCC1. The van der Waals surface area contributed by atoms with Crippen LogP contribution in [-0.2, 0) is 14.3 Å². The number of benzene rings is 1. The fraction of sp³-hybridized carbons (Fsp3) is 0.600. The average Bonchev–Trinajstić information content (AvgIpc) is 2.96. The molecule has 6 nitrogen and oxygen atoms in total. The molecule has 7 heteroatoms. The van der Waals surface area contributed by atoms with E-state index in [1.807, 2.05) is 18.2 Å². The van der Waals surface area contributed by atoms with Gasteiger partial charge in [0.25, 0.3) is 0 Å². The molecule has 0 radical (unpaired) electrons. The molecule has 2 N–H and O–H groups in total. The molecule has 2 amide bonds. The molecular weight excluding hydrogens is 366 g/mol. The average molecular weight is 394 g/mol. The molecule has 0 aromatic heterocycles. The molecule has 0 spiro atoms. The molecule has 2 fully saturated rings. The number of carbonyl (C=O) groups is 2. The van der Waals surface area contributed by atoms with Gasteiger partial charge in [-0.2, -0.15) is 0 Å². The third-order valence-electron chi connectivity index (χ3n) is 5.87. The largest absolute Gasteiger partial charge is 0.384 e. The van der Waals surface area contributed by atoms with Crippen molar-refractivity contribution in [2.45, 2.75) is 25.3 Å². The maximum absolute atomic E-state index is 13.0. The number of amides is 2. The molecule has 0 bridgehead atoms. The van der Waals surface area contributed by atoms with Gasteiger partial charge in [0.05, 0.1) is 18.6 Å².